The highest BCUT2D eigenvalue weighted by atomic mass is 32.2. The predicted molar refractivity (Wildman–Crippen MR) is 513 cm³/mol. The molecule has 19 atom stereocenters. The number of ketones is 1. The summed E-state index contributed by atoms with van der Waals surface area (Å²) in [5.41, 5.74) is 4.23. The van der Waals surface area contributed by atoms with Crippen molar-refractivity contribution in [3.63, 3.8) is 0 Å². The van der Waals surface area contributed by atoms with Crippen molar-refractivity contribution in [2.75, 3.05) is 44.2 Å². The number of aliphatic hydroxyl groups is 6. The first-order valence-electron chi connectivity index (χ1n) is 45.9. The van der Waals surface area contributed by atoms with E-state index in [-0.39, 0.29) is 119 Å². The van der Waals surface area contributed by atoms with Crippen molar-refractivity contribution in [3.8, 4) is 0 Å². The van der Waals surface area contributed by atoms with E-state index in [2.05, 4.69) is 169 Å². The number of ether oxygens (including phenoxy) is 4. The van der Waals surface area contributed by atoms with Crippen LogP contribution in [0.3, 0.4) is 0 Å². The lowest BCUT2D eigenvalue weighted by Gasteiger charge is -2.69. The van der Waals surface area contributed by atoms with Gasteiger partial charge < -0.3 is 64.9 Å². The third-order valence-corrected chi connectivity index (χ3v) is 33.8. The van der Waals surface area contributed by atoms with Gasteiger partial charge >= 0.3 is 47.8 Å². The van der Waals surface area contributed by atoms with Gasteiger partial charge in [0.2, 0.25) is 5.78 Å². The SMILES string of the molecule is CC(=O)OC(C)=O.CC(=O)OCCS.CC[C@@]1(C)[C@H](CC(C)(C)C(=O)O)C(C)(C)CC[C@]1(C)/C1=C/C/C=C(C)/C(OC(C)=O)=C(OC(C)=O)\C=C\[C@H]1C.CC[C@]1(C)C2=CC(SCCO)/C=C(\C)C(O)C(O)/C=C/[C@]2(C)CC[C@@]1(C)[C@@H]1C[C@](C)(C(=O)O)CC[C@H]1C.CO.C[C@@]1(C(=O)O)CC[C@]2(C)CC[C@]3(C)C4=CC=C5C=C(O)C(=O)C=C5[C@]4(C)CC[C@@]3(C)[C@@H]2C1.OCCS. The summed E-state index contributed by atoms with van der Waals surface area (Å²) in [5, 5.41) is 86.0. The Bertz CT molecular complexity index is 4340. The topological polar surface area (TPSA) is 373 Å². The van der Waals surface area contributed by atoms with Gasteiger partial charge in [0.15, 0.2) is 17.3 Å². The Morgan fingerprint density at radius 2 is 1.20 bits per heavy atom. The molecule has 0 aromatic rings. The fraction of sp³-hybridized carbons (Fsp3) is 0.699. The second-order valence-corrected chi connectivity index (χ2v) is 43.7. The summed E-state index contributed by atoms with van der Waals surface area (Å²) in [4.78, 5) is 102. The molecule has 0 aromatic heterocycles. The number of allylic oxidation sites excluding steroid dienone is 15. The molecule has 0 aromatic carbocycles. The molecule has 10 rings (SSSR count). The van der Waals surface area contributed by atoms with E-state index in [1.807, 2.05) is 59.8 Å². The van der Waals surface area contributed by atoms with Gasteiger partial charge in [-0.3, -0.25) is 43.2 Å². The molecule has 0 amide bonds. The third kappa shape index (κ3) is 25.3. The maximum absolute atomic E-state index is 12.4. The number of thioether (sulfide) groups is 1. The number of aliphatic hydroxyl groups excluding tert-OH is 6. The van der Waals surface area contributed by atoms with E-state index in [0.29, 0.717) is 60.5 Å². The molecule has 6 saturated carbocycles. The summed E-state index contributed by atoms with van der Waals surface area (Å²) in [5.74, 6) is -1.43. The molecule has 25 heteroatoms. The second kappa shape index (κ2) is 45.9. The number of hydrogen-bond donors (Lipinski definition) is 11. The van der Waals surface area contributed by atoms with Crippen molar-refractivity contribution < 1.29 is 108 Å². The molecule has 0 heterocycles. The van der Waals surface area contributed by atoms with E-state index in [9.17, 15) is 78.9 Å². The molecule has 0 aliphatic heterocycles. The van der Waals surface area contributed by atoms with Crippen LogP contribution >= 0.6 is 37.0 Å². The highest BCUT2D eigenvalue weighted by Crippen LogP contribution is 2.76. The largest absolute Gasteiger partial charge is 0.504 e. The minimum atomic E-state index is -0.980. The number of aliphatic carboxylic acids is 3. The summed E-state index contributed by atoms with van der Waals surface area (Å²) in [7, 11) is 1.00. The molecule has 10 aliphatic rings. The number of carbonyl (C=O) groups is 9. The number of esters is 5. The number of carboxylic acid groups (broad SMARTS) is 3. The molecule has 9 N–H and O–H groups in total. The Balaban J connectivity index is 0.000000363. The number of hydrogen-bond acceptors (Lipinski definition) is 22. The van der Waals surface area contributed by atoms with Crippen molar-refractivity contribution in [3.05, 3.63) is 129 Å². The molecule has 0 radical (unpaired) electrons. The molecule has 722 valence electrons. The fourth-order valence-electron chi connectivity index (χ4n) is 23.5. The van der Waals surface area contributed by atoms with Gasteiger partial charge in [0.25, 0.3) is 0 Å². The summed E-state index contributed by atoms with van der Waals surface area (Å²) in [6.07, 6.45) is 37.9. The first-order chi connectivity index (χ1) is 59.1. The third-order valence-electron chi connectivity index (χ3n) is 32.3. The van der Waals surface area contributed by atoms with Crippen LogP contribution in [0.2, 0.25) is 0 Å². The van der Waals surface area contributed by atoms with E-state index in [0.717, 1.165) is 120 Å². The molecule has 128 heavy (non-hydrogen) atoms. The number of thiol groups is 2. The van der Waals surface area contributed by atoms with E-state index in [1.165, 1.54) is 51.3 Å². The van der Waals surface area contributed by atoms with Gasteiger partial charge in [-0.2, -0.15) is 25.3 Å². The Morgan fingerprint density at radius 1 is 0.625 bits per heavy atom. The van der Waals surface area contributed by atoms with Gasteiger partial charge in [-0.25, -0.2) is 0 Å². The zero-order valence-corrected chi connectivity index (χ0v) is 84.8. The van der Waals surface area contributed by atoms with Gasteiger partial charge in [-0.15, -0.1) is 11.8 Å². The van der Waals surface area contributed by atoms with Crippen LogP contribution < -0.4 is 0 Å². The first-order valence-corrected chi connectivity index (χ1v) is 48.2. The highest BCUT2D eigenvalue weighted by Gasteiger charge is 2.68. The maximum atomic E-state index is 12.4. The number of carbonyl (C=O) groups excluding carboxylic acids is 6. The Labute approximate surface area is 780 Å². The average Bonchev–Trinajstić information content (AvgIpc) is 0.676. The Hall–Kier alpha value is -6.58. The van der Waals surface area contributed by atoms with Crippen LogP contribution in [0.15, 0.2) is 129 Å². The molecule has 0 bridgehead atoms. The molecular weight excluding hydrogens is 1690 g/mol. The highest BCUT2D eigenvalue weighted by molar-refractivity contribution is 8.00. The standard InChI is InChI=1S/C33H50O6.C31H50O5S.C28H36O4.C4H6O3.C4H8O2S.C2H6OS.CH4O/c1-12-32(10)27(20-31(8,9)29(36)37)30(6,7)18-19-33(32,11)25-15-13-14-22(3)28(39-24(5)35)26(38-23(4)34)17-16-21(25)2;1-8-30(6)25-18-22(37-16-15-32)17-21(3)26(34)24(33)10-12-28(25,4)13-14-31(30,7)23-19-29(5,27(35)36)11-9-20(23)2;1-24-8-9-25(2,23(31)32)16-22(24)28(5)13-11-26(3)18-15-20(30)19(29)14-17(18)6-7-21(26)27(28,4)12-10-24;1-3(5)7-4(2)6;1-4(5)6-2-3-7;3-1-2-4;1-2/h14-17,21,27H,12-13,18-20H2,1-11H3,(H,36,37);10,12,17-18,20,22-24,26,32-34H,8-9,11,13-16,19H2,1-7H3,(H,35,36);6-7,14-15,22,29H,8-13,16H2,1-5H3,(H,31,32);1-2H3;7H,2-3H2,1H3;3-4H,1-2H2;2H,1H3/b17-16+,22-14+,25-15+,28-26-;12-10+,21-17+,25-18?;;;;;/t21-,27-,32+,33-;20-,22?,23-,24?,26?,28-,29-,30-,31+;22-,24-,25-,26+,27-,28+;;;;/m111..../s1. The molecule has 0 saturated heterocycles. The molecule has 22 nitrogen and oxygen atoms in total. The number of rotatable bonds is 17. The Kier molecular flexibility index (Phi) is 40.8. The van der Waals surface area contributed by atoms with Crippen molar-refractivity contribution in [1.29, 1.82) is 0 Å². The van der Waals surface area contributed by atoms with Crippen LogP contribution in [0.25, 0.3) is 0 Å². The summed E-state index contributed by atoms with van der Waals surface area (Å²) < 4.78 is 19.4. The van der Waals surface area contributed by atoms with E-state index >= 15 is 0 Å². The van der Waals surface area contributed by atoms with Crippen LogP contribution in [-0.2, 0) is 62.1 Å². The van der Waals surface area contributed by atoms with Crippen LogP contribution in [0, 0.1) is 100.0 Å². The number of fused-ring (bicyclic) bond motifs is 8. The average molecular weight is 1850 g/mol. The van der Waals surface area contributed by atoms with Gasteiger partial charge in [0.1, 0.15) is 18.8 Å². The second-order valence-electron chi connectivity index (χ2n) is 41.5. The minimum Gasteiger partial charge on any atom is -0.504 e. The van der Waals surface area contributed by atoms with Crippen LogP contribution in [-0.4, -0.2) is 161 Å². The molecule has 6 fully saturated rings. The minimum absolute atomic E-state index is 0.00499. The number of carboxylic acids is 3. The zero-order valence-electron chi connectivity index (χ0n) is 82.2. The van der Waals surface area contributed by atoms with Crippen molar-refractivity contribution in [1.82, 2.24) is 0 Å². The van der Waals surface area contributed by atoms with Crippen LogP contribution in [0.4, 0.5) is 0 Å². The van der Waals surface area contributed by atoms with E-state index in [4.69, 9.17) is 19.7 Å². The molecule has 0 spiro atoms. The van der Waals surface area contributed by atoms with Crippen molar-refractivity contribution >= 4 is 90.6 Å². The smallest absolute Gasteiger partial charge is 0.310 e. The normalized spacial score (nSPS) is 37.4. The molecular formula is C103H160O22S3. The summed E-state index contributed by atoms with van der Waals surface area (Å²) >= 11 is 9.14. The summed E-state index contributed by atoms with van der Waals surface area (Å²) in [6.45, 7) is 53.1. The van der Waals surface area contributed by atoms with Gasteiger partial charge in [0, 0.05) is 75.1 Å². The van der Waals surface area contributed by atoms with Crippen LogP contribution in [0.1, 0.15) is 296 Å². The lowest BCUT2D eigenvalue weighted by molar-refractivity contribution is -0.178. The van der Waals surface area contributed by atoms with Gasteiger partial charge in [-0.05, 0) is 271 Å². The van der Waals surface area contributed by atoms with Crippen LogP contribution in [0.5, 0.6) is 0 Å². The summed E-state index contributed by atoms with van der Waals surface area (Å²) in [6, 6.07) is 0. The maximum Gasteiger partial charge on any atom is 0.310 e. The first kappa shape index (κ1) is 114. The fourth-order valence-corrected chi connectivity index (χ4v) is 24.5. The molecule has 10 aliphatic carbocycles. The Morgan fingerprint density at radius 3 is 1.70 bits per heavy atom. The zero-order chi connectivity index (χ0) is 98.1. The quantitative estimate of drug-likeness (QED) is 0.0212. The lowest BCUT2D eigenvalue weighted by atomic mass is 9.34. The van der Waals surface area contributed by atoms with Gasteiger partial charge in [0.05, 0.1) is 29.5 Å². The monoisotopic (exact) mass is 1850 g/mol. The van der Waals surface area contributed by atoms with Crippen molar-refractivity contribution in [2.24, 2.45) is 100.0 Å². The molecule has 3 unspecified atom stereocenters. The van der Waals surface area contributed by atoms with Crippen molar-refractivity contribution in [2.45, 2.75) is 313 Å². The van der Waals surface area contributed by atoms with E-state index in [1.54, 1.807) is 36.1 Å². The van der Waals surface area contributed by atoms with E-state index < -0.39 is 70.2 Å². The lowest BCUT2D eigenvalue weighted by Crippen LogP contribution is -2.62. The van der Waals surface area contributed by atoms with Gasteiger partial charge in [-0.1, -0.05) is 175 Å². The predicted octanol–water partition coefficient (Wildman–Crippen LogP) is 20.5.